The van der Waals surface area contributed by atoms with Crippen LogP contribution in [-0.4, -0.2) is 21.5 Å². The number of aryl methyl sites for hydroxylation is 1. The van der Waals surface area contributed by atoms with Gasteiger partial charge in [0.05, 0.1) is 11.6 Å². The maximum absolute atomic E-state index is 12.7. The summed E-state index contributed by atoms with van der Waals surface area (Å²) in [4.78, 5) is 37.0. The monoisotopic (exact) mass is 422 g/mol. The lowest BCUT2D eigenvalue weighted by molar-refractivity contribution is -0.116. The standard InChI is InChI=1S/C23H26N4O4/c1-14(2)17-5-7-18(8-6-17)16(4)24-23(30)19-9-10-22(29)27(12-19)13-21(28)25-20-11-15(3)31-26-20/h5-12,14,16H,13H2,1-4H3,(H,24,30)(H,25,26,28). The van der Waals surface area contributed by atoms with Gasteiger partial charge in [0.25, 0.3) is 11.5 Å². The van der Waals surface area contributed by atoms with Crippen molar-refractivity contribution in [3.05, 3.63) is 81.5 Å². The second kappa shape index (κ2) is 9.42. The number of carbonyl (C=O) groups excluding carboxylic acids is 2. The van der Waals surface area contributed by atoms with Crippen LogP contribution >= 0.6 is 0 Å². The number of nitrogens with one attached hydrogen (secondary N) is 2. The number of hydrogen-bond acceptors (Lipinski definition) is 5. The van der Waals surface area contributed by atoms with E-state index >= 15 is 0 Å². The molecule has 162 valence electrons. The van der Waals surface area contributed by atoms with E-state index in [9.17, 15) is 14.4 Å². The number of amides is 2. The van der Waals surface area contributed by atoms with Crippen LogP contribution in [0.5, 0.6) is 0 Å². The first-order valence-corrected chi connectivity index (χ1v) is 10.1. The summed E-state index contributed by atoms with van der Waals surface area (Å²) in [6, 6.07) is 12.2. The fourth-order valence-corrected chi connectivity index (χ4v) is 3.08. The third-order valence-electron chi connectivity index (χ3n) is 4.91. The highest BCUT2D eigenvalue weighted by molar-refractivity contribution is 5.94. The van der Waals surface area contributed by atoms with E-state index in [4.69, 9.17) is 4.52 Å². The molecule has 0 saturated heterocycles. The molecule has 3 aromatic rings. The molecule has 0 spiro atoms. The molecule has 2 heterocycles. The Morgan fingerprint density at radius 3 is 2.35 bits per heavy atom. The zero-order valence-electron chi connectivity index (χ0n) is 18.0. The summed E-state index contributed by atoms with van der Waals surface area (Å²) in [7, 11) is 0. The van der Waals surface area contributed by atoms with E-state index in [2.05, 4.69) is 41.8 Å². The van der Waals surface area contributed by atoms with Crippen molar-refractivity contribution < 1.29 is 14.1 Å². The van der Waals surface area contributed by atoms with Gasteiger partial charge in [-0.15, -0.1) is 0 Å². The van der Waals surface area contributed by atoms with Gasteiger partial charge in [0.15, 0.2) is 5.82 Å². The van der Waals surface area contributed by atoms with Gasteiger partial charge in [-0.1, -0.05) is 43.3 Å². The van der Waals surface area contributed by atoms with Crippen molar-refractivity contribution in [2.24, 2.45) is 0 Å². The number of hydrogen-bond donors (Lipinski definition) is 2. The van der Waals surface area contributed by atoms with Gasteiger partial charge in [-0.2, -0.15) is 0 Å². The molecule has 2 aromatic heterocycles. The maximum Gasteiger partial charge on any atom is 0.253 e. The number of aromatic nitrogens is 2. The smallest absolute Gasteiger partial charge is 0.253 e. The van der Waals surface area contributed by atoms with Crippen molar-refractivity contribution in [3.8, 4) is 0 Å². The molecule has 0 aliphatic rings. The highest BCUT2D eigenvalue weighted by atomic mass is 16.5. The first-order valence-electron chi connectivity index (χ1n) is 10.1. The largest absolute Gasteiger partial charge is 0.360 e. The van der Waals surface area contributed by atoms with E-state index in [1.165, 1.54) is 28.5 Å². The summed E-state index contributed by atoms with van der Waals surface area (Å²) in [5, 5.41) is 9.16. The molecule has 1 unspecified atom stereocenters. The molecule has 8 nitrogen and oxygen atoms in total. The Morgan fingerprint density at radius 1 is 1.06 bits per heavy atom. The predicted molar refractivity (Wildman–Crippen MR) is 117 cm³/mol. The number of nitrogens with zero attached hydrogens (tertiary/aromatic N) is 2. The lowest BCUT2D eigenvalue weighted by atomic mass is 9.99. The predicted octanol–water partition coefficient (Wildman–Crippen LogP) is 3.40. The zero-order valence-corrected chi connectivity index (χ0v) is 18.0. The Hall–Kier alpha value is -3.68. The summed E-state index contributed by atoms with van der Waals surface area (Å²) in [6.45, 7) is 7.60. The molecule has 0 fully saturated rings. The van der Waals surface area contributed by atoms with Crippen molar-refractivity contribution >= 4 is 17.6 Å². The summed E-state index contributed by atoms with van der Waals surface area (Å²) in [6.07, 6.45) is 1.37. The molecule has 0 saturated carbocycles. The minimum atomic E-state index is -0.452. The van der Waals surface area contributed by atoms with Crippen LogP contribution in [0.15, 0.2) is 58.0 Å². The Morgan fingerprint density at radius 2 is 1.74 bits per heavy atom. The second-order valence-corrected chi connectivity index (χ2v) is 7.77. The number of benzene rings is 1. The van der Waals surface area contributed by atoms with Crippen LogP contribution in [0.4, 0.5) is 5.82 Å². The van der Waals surface area contributed by atoms with Gasteiger partial charge in [0, 0.05) is 18.3 Å². The van der Waals surface area contributed by atoms with E-state index in [1.54, 1.807) is 13.0 Å². The molecule has 2 N–H and O–H groups in total. The lowest BCUT2D eigenvalue weighted by Crippen LogP contribution is -2.31. The number of pyridine rings is 1. The molecule has 8 heteroatoms. The van der Waals surface area contributed by atoms with Gasteiger partial charge in [0.1, 0.15) is 12.3 Å². The summed E-state index contributed by atoms with van der Waals surface area (Å²) in [5.74, 6) is 0.472. The molecule has 0 radical (unpaired) electrons. The van der Waals surface area contributed by atoms with Crippen molar-refractivity contribution in [1.29, 1.82) is 0 Å². The lowest BCUT2D eigenvalue weighted by Gasteiger charge is -2.16. The van der Waals surface area contributed by atoms with Crippen LogP contribution in [0.25, 0.3) is 0 Å². The minimum absolute atomic E-state index is 0.215. The van der Waals surface area contributed by atoms with E-state index in [0.29, 0.717) is 11.7 Å². The average molecular weight is 422 g/mol. The third-order valence-corrected chi connectivity index (χ3v) is 4.91. The van der Waals surface area contributed by atoms with E-state index in [-0.39, 0.29) is 35.4 Å². The van der Waals surface area contributed by atoms with Crippen LogP contribution in [-0.2, 0) is 11.3 Å². The number of anilines is 1. The molecule has 0 aliphatic heterocycles. The van der Waals surface area contributed by atoms with Crippen LogP contribution in [0.1, 0.15) is 60.0 Å². The number of rotatable bonds is 7. The SMILES string of the molecule is Cc1cc(NC(=O)Cn2cc(C(=O)NC(C)c3ccc(C(C)C)cc3)ccc2=O)no1. The molecule has 0 bridgehead atoms. The third kappa shape index (κ3) is 5.69. The van der Waals surface area contributed by atoms with Crippen LogP contribution in [0, 0.1) is 6.92 Å². The summed E-state index contributed by atoms with van der Waals surface area (Å²) in [5.41, 5.74) is 2.11. The highest BCUT2D eigenvalue weighted by Gasteiger charge is 2.14. The first-order chi connectivity index (χ1) is 14.7. The topological polar surface area (TPSA) is 106 Å². The fourth-order valence-electron chi connectivity index (χ4n) is 3.08. The molecule has 2 amide bonds. The van der Waals surface area contributed by atoms with Gasteiger partial charge >= 0.3 is 0 Å². The Bertz CT molecular complexity index is 1130. The Kier molecular flexibility index (Phi) is 6.69. The second-order valence-electron chi connectivity index (χ2n) is 7.77. The van der Waals surface area contributed by atoms with Gasteiger partial charge in [-0.25, -0.2) is 0 Å². The van der Waals surface area contributed by atoms with E-state index < -0.39 is 5.91 Å². The molecule has 31 heavy (non-hydrogen) atoms. The Balaban J connectivity index is 1.67. The summed E-state index contributed by atoms with van der Waals surface area (Å²) < 4.78 is 6.08. The average Bonchev–Trinajstić information content (AvgIpc) is 3.13. The van der Waals surface area contributed by atoms with Crippen molar-refractivity contribution in [1.82, 2.24) is 15.0 Å². The van der Waals surface area contributed by atoms with Gasteiger partial charge in [-0.05, 0) is 37.0 Å². The molecule has 1 aromatic carbocycles. The van der Waals surface area contributed by atoms with Gasteiger partial charge < -0.3 is 19.7 Å². The molecular formula is C23H26N4O4. The Labute approximate surface area is 180 Å². The zero-order chi connectivity index (χ0) is 22.5. The molecule has 1 atom stereocenters. The molecule has 0 aliphatic carbocycles. The molecule has 3 rings (SSSR count). The highest BCUT2D eigenvalue weighted by Crippen LogP contribution is 2.19. The van der Waals surface area contributed by atoms with E-state index in [1.807, 2.05) is 19.1 Å². The minimum Gasteiger partial charge on any atom is -0.360 e. The normalized spacial score (nSPS) is 11.9. The quantitative estimate of drug-likeness (QED) is 0.607. The van der Waals surface area contributed by atoms with Crippen molar-refractivity contribution in [2.45, 2.75) is 46.2 Å². The van der Waals surface area contributed by atoms with Crippen molar-refractivity contribution in [3.63, 3.8) is 0 Å². The fraction of sp³-hybridized carbons (Fsp3) is 0.304. The van der Waals surface area contributed by atoms with Crippen LogP contribution in [0.2, 0.25) is 0 Å². The van der Waals surface area contributed by atoms with Gasteiger partial charge in [0.2, 0.25) is 5.91 Å². The molecular weight excluding hydrogens is 396 g/mol. The van der Waals surface area contributed by atoms with Crippen LogP contribution in [0.3, 0.4) is 0 Å². The summed E-state index contributed by atoms with van der Waals surface area (Å²) >= 11 is 0. The van der Waals surface area contributed by atoms with Crippen molar-refractivity contribution in [2.75, 3.05) is 5.32 Å². The maximum atomic E-state index is 12.7. The van der Waals surface area contributed by atoms with E-state index in [0.717, 1.165) is 5.56 Å². The van der Waals surface area contributed by atoms with Gasteiger partial charge in [-0.3, -0.25) is 14.4 Å². The van der Waals surface area contributed by atoms with Crippen LogP contribution < -0.4 is 16.2 Å². The number of carbonyl (C=O) groups is 2. The first kappa shape index (κ1) is 22.0.